The molecule has 16 heavy (non-hydrogen) atoms. The van der Waals surface area contributed by atoms with Gasteiger partial charge >= 0.3 is 0 Å². The van der Waals surface area contributed by atoms with E-state index in [9.17, 15) is 0 Å². The lowest BCUT2D eigenvalue weighted by Crippen LogP contribution is -2.11. The van der Waals surface area contributed by atoms with Gasteiger partial charge in [-0.2, -0.15) is 5.10 Å². The number of hydrogen-bond donors (Lipinski definition) is 1. The molecule has 0 saturated carbocycles. The van der Waals surface area contributed by atoms with Crippen molar-refractivity contribution >= 4 is 0 Å². The summed E-state index contributed by atoms with van der Waals surface area (Å²) in [7, 11) is 0. The van der Waals surface area contributed by atoms with E-state index in [1.165, 1.54) is 5.56 Å². The molecule has 0 aliphatic rings. The van der Waals surface area contributed by atoms with Crippen molar-refractivity contribution in [3.05, 3.63) is 41.9 Å². The minimum absolute atomic E-state index is 0.196. The van der Waals surface area contributed by atoms with Gasteiger partial charge in [-0.05, 0) is 13.8 Å². The number of aryl methyl sites for hydroxylation is 1. The highest BCUT2D eigenvalue weighted by Gasteiger charge is 2.06. The van der Waals surface area contributed by atoms with E-state index >= 15 is 0 Å². The minimum atomic E-state index is -0.196. The third-order valence-electron chi connectivity index (χ3n) is 2.33. The zero-order valence-corrected chi connectivity index (χ0v) is 9.38. The molecule has 0 aliphatic heterocycles. The quantitative estimate of drug-likeness (QED) is 0.828. The van der Waals surface area contributed by atoms with Gasteiger partial charge in [0.15, 0.2) is 5.82 Å². The molecule has 0 aliphatic carbocycles. The van der Waals surface area contributed by atoms with E-state index in [4.69, 9.17) is 5.73 Å². The molecule has 2 N–H and O–H groups in total. The smallest absolute Gasteiger partial charge is 0.168 e. The minimum Gasteiger partial charge on any atom is -0.321 e. The first kappa shape index (κ1) is 10.7. The summed E-state index contributed by atoms with van der Waals surface area (Å²) in [5.74, 6) is 0.568. The van der Waals surface area contributed by atoms with E-state index in [1.54, 1.807) is 6.20 Å². The molecule has 0 bridgehead atoms. The summed E-state index contributed by atoms with van der Waals surface area (Å²) in [4.78, 5) is 4.37. The van der Waals surface area contributed by atoms with Gasteiger partial charge in [-0.15, -0.1) is 5.10 Å². The van der Waals surface area contributed by atoms with Crippen LogP contribution < -0.4 is 5.73 Å². The number of aromatic nitrogens is 3. The average Bonchev–Trinajstić information content (AvgIpc) is 2.30. The fourth-order valence-corrected chi connectivity index (χ4v) is 1.37. The van der Waals surface area contributed by atoms with E-state index in [0.717, 1.165) is 11.3 Å². The Kier molecular flexibility index (Phi) is 2.92. The SMILES string of the molecule is Cc1ccc(-c2cnnc(C(C)N)n2)cc1. The van der Waals surface area contributed by atoms with Crippen LogP contribution in [0.1, 0.15) is 24.4 Å². The first-order chi connectivity index (χ1) is 7.66. The summed E-state index contributed by atoms with van der Waals surface area (Å²) in [5, 5.41) is 7.81. The van der Waals surface area contributed by atoms with Crippen LogP contribution in [0.5, 0.6) is 0 Å². The van der Waals surface area contributed by atoms with Crippen LogP contribution in [0, 0.1) is 6.92 Å². The summed E-state index contributed by atoms with van der Waals surface area (Å²) in [5.41, 5.74) is 8.78. The van der Waals surface area contributed by atoms with Crippen molar-refractivity contribution in [2.24, 2.45) is 5.73 Å². The zero-order valence-electron chi connectivity index (χ0n) is 9.38. The second-order valence-electron chi connectivity index (χ2n) is 3.85. The molecule has 0 radical (unpaired) electrons. The van der Waals surface area contributed by atoms with Crippen LogP contribution >= 0.6 is 0 Å². The van der Waals surface area contributed by atoms with Crippen LogP contribution in [-0.2, 0) is 0 Å². The van der Waals surface area contributed by atoms with Crippen LogP contribution in [0.15, 0.2) is 30.5 Å². The molecule has 0 spiro atoms. The number of hydrogen-bond acceptors (Lipinski definition) is 4. The molecule has 82 valence electrons. The van der Waals surface area contributed by atoms with Crippen LogP contribution in [0.25, 0.3) is 11.3 Å². The van der Waals surface area contributed by atoms with Gasteiger partial charge in [-0.1, -0.05) is 29.8 Å². The molecule has 2 rings (SSSR count). The number of rotatable bonds is 2. The molecule has 4 heteroatoms. The van der Waals surface area contributed by atoms with Gasteiger partial charge in [0, 0.05) is 5.56 Å². The Morgan fingerprint density at radius 3 is 2.50 bits per heavy atom. The topological polar surface area (TPSA) is 64.7 Å². The summed E-state index contributed by atoms with van der Waals surface area (Å²) < 4.78 is 0. The second kappa shape index (κ2) is 4.37. The highest BCUT2D eigenvalue weighted by atomic mass is 15.2. The number of nitrogens with two attached hydrogens (primary N) is 1. The highest BCUT2D eigenvalue weighted by Crippen LogP contribution is 2.17. The van der Waals surface area contributed by atoms with Gasteiger partial charge in [0.05, 0.1) is 17.9 Å². The number of benzene rings is 1. The maximum absolute atomic E-state index is 5.72. The van der Waals surface area contributed by atoms with E-state index in [2.05, 4.69) is 22.1 Å². The molecular weight excluding hydrogens is 200 g/mol. The molecule has 1 heterocycles. The molecule has 4 nitrogen and oxygen atoms in total. The maximum atomic E-state index is 5.72. The number of nitrogens with zero attached hydrogens (tertiary/aromatic N) is 3. The second-order valence-corrected chi connectivity index (χ2v) is 3.85. The standard InChI is InChI=1S/C12H14N4/c1-8-3-5-10(6-4-8)11-7-14-16-12(15-11)9(2)13/h3-7,9H,13H2,1-2H3. The first-order valence-electron chi connectivity index (χ1n) is 5.19. The average molecular weight is 214 g/mol. The highest BCUT2D eigenvalue weighted by molar-refractivity contribution is 5.58. The Bertz CT molecular complexity index is 477. The van der Waals surface area contributed by atoms with Gasteiger partial charge < -0.3 is 5.73 Å². The van der Waals surface area contributed by atoms with E-state index in [0.29, 0.717) is 5.82 Å². The van der Waals surface area contributed by atoms with Crippen molar-refractivity contribution in [3.63, 3.8) is 0 Å². The van der Waals surface area contributed by atoms with E-state index < -0.39 is 0 Å². The molecule has 0 fully saturated rings. The Hall–Kier alpha value is -1.81. The summed E-state index contributed by atoms with van der Waals surface area (Å²) in [6, 6.07) is 7.93. The molecule has 0 saturated heterocycles. The fraction of sp³-hybridized carbons (Fsp3) is 0.250. The lowest BCUT2D eigenvalue weighted by molar-refractivity contribution is 0.710. The molecule has 1 unspecified atom stereocenters. The van der Waals surface area contributed by atoms with E-state index in [-0.39, 0.29) is 6.04 Å². The zero-order chi connectivity index (χ0) is 11.5. The van der Waals surface area contributed by atoms with Crippen molar-refractivity contribution in [2.45, 2.75) is 19.9 Å². The van der Waals surface area contributed by atoms with Crippen LogP contribution in [0.4, 0.5) is 0 Å². The summed E-state index contributed by atoms with van der Waals surface area (Å²) >= 11 is 0. The molecular formula is C12H14N4. The Labute approximate surface area is 94.6 Å². The van der Waals surface area contributed by atoms with Crippen molar-refractivity contribution < 1.29 is 0 Å². The van der Waals surface area contributed by atoms with E-state index in [1.807, 2.05) is 31.2 Å². The van der Waals surface area contributed by atoms with Gasteiger partial charge in [-0.3, -0.25) is 0 Å². The van der Waals surface area contributed by atoms with Crippen LogP contribution in [0.3, 0.4) is 0 Å². The molecule has 1 aromatic heterocycles. The lowest BCUT2D eigenvalue weighted by Gasteiger charge is -2.05. The molecule has 1 aromatic carbocycles. The Morgan fingerprint density at radius 2 is 1.88 bits per heavy atom. The molecule has 0 amide bonds. The van der Waals surface area contributed by atoms with Gasteiger partial charge in [0.1, 0.15) is 0 Å². The monoisotopic (exact) mass is 214 g/mol. The Morgan fingerprint density at radius 1 is 1.19 bits per heavy atom. The van der Waals surface area contributed by atoms with Crippen molar-refractivity contribution in [2.75, 3.05) is 0 Å². The molecule has 2 aromatic rings. The van der Waals surface area contributed by atoms with Gasteiger partial charge in [0.2, 0.25) is 0 Å². The predicted molar refractivity (Wildman–Crippen MR) is 62.6 cm³/mol. The first-order valence-corrected chi connectivity index (χ1v) is 5.19. The van der Waals surface area contributed by atoms with Gasteiger partial charge in [-0.25, -0.2) is 4.98 Å². The normalized spacial score (nSPS) is 12.4. The van der Waals surface area contributed by atoms with Crippen molar-refractivity contribution in [3.8, 4) is 11.3 Å². The Balaban J connectivity index is 2.40. The third-order valence-corrected chi connectivity index (χ3v) is 2.33. The molecule has 1 atom stereocenters. The van der Waals surface area contributed by atoms with Crippen LogP contribution in [-0.4, -0.2) is 15.2 Å². The van der Waals surface area contributed by atoms with Gasteiger partial charge in [0.25, 0.3) is 0 Å². The van der Waals surface area contributed by atoms with Crippen molar-refractivity contribution in [1.82, 2.24) is 15.2 Å². The van der Waals surface area contributed by atoms with Crippen LogP contribution in [0.2, 0.25) is 0 Å². The van der Waals surface area contributed by atoms with Crippen molar-refractivity contribution in [1.29, 1.82) is 0 Å². The lowest BCUT2D eigenvalue weighted by atomic mass is 10.1. The maximum Gasteiger partial charge on any atom is 0.168 e. The largest absolute Gasteiger partial charge is 0.321 e. The third kappa shape index (κ3) is 2.23. The summed E-state index contributed by atoms with van der Waals surface area (Å²) in [6.07, 6.45) is 1.65. The fourth-order valence-electron chi connectivity index (χ4n) is 1.37. The predicted octanol–water partition coefficient (Wildman–Crippen LogP) is 1.87. The summed E-state index contributed by atoms with van der Waals surface area (Å²) in [6.45, 7) is 3.89.